The zero-order valence-electron chi connectivity index (χ0n) is 12.7. The quantitative estimate of drug-likeness (QED) is 0.865. The van der Waals surface area contributed by atoms with Crippen molar-refractivity contribution in [3.05, 3.63) is 23.8 Å². The standard InChI is InChI=1S/C17H27NO2/c1-3-19-16-10-9-13(12-17(16)20-4-2)11-14-7-5-6-8-15(14)18/h9-10,12,14-15H,3-8,11,18H2,1-2H3. The van der Waals surface area contributed by atoms with Crippen LogP contribution in [0.4, 0.5) is 0 Å². The van der Waals surface area contributed by atoms with Gasteiger partial charge in [-0.3, -0.25) is 0 Å². The van der Waals surface area contributed by atoms with Gasteiger partial charge in [0.15, 0.2) is 11.5 Å². The molecule has 0 aromatic heterocycles. The molecule has 112 valence electrons. The average Bonchev–Trinajstić information content (AvgIpc) is 2.45. The van der Waals surface area contributed by atoms with Crippen molar-refractivity contribution in [1.82, 2.24) is 0 Å². The van der Waals surface area contributed by atoms with E-state index in [4.69, 9.17) is 15.2 Å². The monoisotopic (exact) mass is 277 g/mol. The Bertz CT molecular complexity index is 419. The lowest BCUT2D eigenvalue weighted by atomic mass is 9.81. The van der Waals surface area contributed by atoms with Gasteiger partial charge in [0.1, 0.15) is 0 Å². The first kappa shape index (κ1) is 15.2. The maximum Gasteiger partial charge on any atom is 0.161 e. The summed E-state index contributed by atoms with van der Waals surface area (Å²) in [5, 5.41) is 0. The predicted octanol–water partition coefficient (Wildman–Crippen LogP) is 3.54. The second kappa shape index (κ2) is 7.53. The van der Waals surface area contributed by atoms with Gasteiger partial charge in [-0.1, -0.05) is 18.9 Å². The Kier molecular flexibility index (Phi) is 5.72. The van der Waals surface area contributed by atoms with Gasteiger partial charge >= 0.3 is 0 Å². The number of hydrogen-bond acceptors (Lipinski definition) is 3. The van der Waals surface area contributed by atoms with Crippen LogP contribution in [0.2, 0.25) is 0 Å². The second-order valence-electron chi connectivity index (χ2n) is 5.56. The fraction of sp³-hybridized carbons (Fsp3) is 0.647. The Hall–Kier alpha value is -1.22. The van der Waals surface area contributed by atoms with Crippen molar-refractivity contribution in [2.45, 2.75) is 52.0 Å². The van der Waals surface area contributed by atoms with Gasteiger partial charge in [0.05, 0.1) is 13.2 Å². The van der Waals surface area contributed by atoms with Crippen LogP contribution >= 0.6 is 0 Å². The molecule has 1 fully saturated rings. The Morgan fingerprint density at radius 3 is 2.45 bits per heavy atom. The van der Waals surface area contributed by atoms with Crippen molar-refractivity contribution < 1.29 is 9.47 Å². The van der Waals surface area contributed by atoms with E-state index in [1.807, 2.05) is 19.9 Å². The number of ether oxygens (including phenoxy) is 2. The third-order valence-electron chi connectivity index (χ3n) is 4.07. The molecule has 2 N–H and O–H groups in total. The molecule has 1 aliphatic carbocycles. The Morgan fingerprint density at radius 2 is 1.75 bits per heavy atom. The van der Waals surface area contributed by atoms with Crippen LogP contribution in [0.1, 0.15) is 45.1 Å². The lowest BCUT2D eigenvalue weighted by Gasteiger charge is -2.28. The van der Waals surface area contributed by atoms with Gasteiger partial charge in [-0.05, 0) is 56.7 Å². The van der Waals surface area contributed by atoms with Gasteiger partial charge in [-0.25, -0.2) is 0 Å². The maximum absolute atomic E-state index is 6.25. The number of nitrogens with two attached hydrogens (primary N) is 1. The molecule has 2 rings (SSSR count). The highest BCUT2D eigenvalue weighted by atomic mass is 16.5. The zero-order valence-corrected chi connectivity index (χ0v) is 12.7. The van der Waals surface area contributed by atoms with Crippen molar-refractivity contribution in [3.63, 3.8) is 0 Å². The highest BCUT2D eigenvalue weighted by Gasteiger charge is 2.22. The molecule has 1 aliphatic rings. The minimum atomic E-state index is 0.353. The first-order valence-corrected chi connectivity index (χ1v) is 7.88. The average molecular weight is 277 g/mol. The van der Waals surface area contributed by atoms with Gasteiger partial charge in [0, 0.05) is 6.04 Å². The molecule has 0 aliphatic heterocycles. The summed E-state index contributed by atoms with van der Waals surface area (Å²) in [4.78, 5) is 0. The number of rotatable bonds is 6. The van der Waals surface area contributed by atoms with Crippen LogP contribution in [0.15, 0.2) is 18.2 Å². The third kappa shape index (κ3) is 3.89. The van der Waals surface area contributed by atoms with E-state index in [-0.39, 0.29) is 0 Å². The van der Waals surface area contributed by atoms with Crippen molar-refractivity contribution in [3.8, 4) is 11.5 Å². The summed E-state index contributed by atoms with van der Waals surface area (Å²) in [7, 11) is 0. The molecule has 20 heavy (non-hydrogen) atoms. The highest BCUT2D eigenvalue weighted by Crippen LogP contribution is 2.32. The third-order valence-corrected chi connectivity index (χ3v) is 4.07. The molecule has 1 aromatic rings. The Labute approximate surface area is 122 Å². The van der Waals surface area contributed by atoms with Crippen LogP contribution in [0.5, 0.6) is 11.5 Å². The van der Waals surface area contributed by atoms with E-state index in [1.165, 1.54) is 31.2 Å². The maximum atomic E-state index is 6.25. The first-order valence-electron chi connectivity index (χ1n) is 7.88. The summed E-state index contributed by atoms with van der Waals surface area (Å²) in [5.41, 5.74) is 7.55. The molecule has 0 bridgehead atoms. The van der Waals surface area contributed by atoms with E-state index in [2.05, 4.69) is 12.1 Å². The largest absolute Gasteiger partial charge is 0.490 e. The first-order chi connectivity index (χ1) is 9.74. The summed E-state index contributed by atoms with van der Waals surface area (Å²) in [6, 6.07) is 6.65. The molecule has 2 unspecified atom stereocenters. The summed E-state index contributed by atoms with van der Waals surface area (Å²) in [6.07, 6.45) is 6.06. The molecule has 3 nitrogen and oxygen atoms in total. The van der Waals surface area contributed by atoms with E-state index in [0.717, 1.165) is 17.9 Å². The van der Waals surface area contributed by atoms with Crippen LogP contribution in [-0.2, 0) is 6.42 Å². The summed E-state index contributed by atoms with van der Waals surface area (Å²) < 4.78 is 11.3. The molecular weight excluding hydrogens is 250 g/mol. The van der Waals surface area contributed by atoms with Crippen LogP contribution in [-0.4, -0.2) is 19.3 Å². The molecule has 0 saturated heterocycles. The van der Waals surface area contributed by atoms with E-state index in [9.17, 15) is 0 Å². The molecule has 0 radical (unpaired) electrons. The van der Waals surface area contributed by atoms with Crippen molar-refractivity contribution in [2.75, 3.05) is 13.2 Å². The Balaban J connectivity index is 2.09. The lowest BCUT2D eigenvalue weighted by molar-refractivity contribution is 0.285. The number of benzene rings is 1. The van der Waals surface area contributed by atoms with E-state index < -0.39 is 0 Å². The summed E-state index contributed by atoms with van der Waals surface area (Å²) in [5.74, 6) is 2.30. The zero-order chi connectivity index (χ0) is 14.4. The van der Waals surface area contributed by atoms with Gasteiger partial charge in [0.25, 0.3) is 0 Å². The summed E-state index contributed by atoms with van der Waals surface area (Å²) in [6.45, 7) is 5.31. The second-order valence-corrected chi connectivity index (χ2v) is 5.56. The molecule has 0 heterocycles. The van der Waals surface area contributed by atoms with E-state index >= 15 is 0 Å². The molecule has 0 spiro atoms. The van der Waals surface area contributed by atoms with Gasteiger partial charge in [0.2, 0.25) is 0 Å². The van der Waals surface area contributed by atoms with E-state index in [0.29, 0.717) is 25.2 Å². The Morgan fingerprint density at radius 1 is 1.05 bits per heavy atom. The minimum absolute atomic E-state index is 0.353. The van der Waals surface area contributed by atoms with Crippen LogP contribution in [0.3, 0.4) is 0 Å². The lowest BCUT2D eigenvalue weighted by Crippen LogP contribution is -2.34. The normalized spacial score (nSPS) is 22.6. The topological polar surface area (TPSA) is 44.5 Å². The van der Waals surface area contributed by atoms with Crippen LogP contribution in [0, 0.1) is 5.92 Å². The molecule has 2 atom stereocenters. The molecule has 1 aromatic carbocycles. The van der Waals surface area contributed by atoms with Crippen molar-refractivity contribution in [1.29, 1.82) is 0 Å². The summed E-state index contributed by atoms with van der Waals surface area (Å²) >= 11 is 0. The van der Waals surface area contributed by atoms with E-state index in [1.54, 1.807) is 0 Å². The van der Waals surface area contributed by atoms with Crippen LogP contribution < -0.4 is 15.2 Å². The van der Waals surface area contributed by atoms with Crippen molar-refractivity contribution >= 4 is 0 Å². The number of hydrogen-bond donors (Lipinski definition) is 1. The minimum Gasteiger partial charge on any atom is -0.490 e. The van der Waals surface area contributed by atoms with Crippen molar-refractivity contribution in [2.24, 2.45) is 11.7 Å². The molecule has 1 saturated carbocycles. The van der Waals surface area contributed by atoms with Crippen LogP contribution in [0.25, 0.3) is 0 Å². The van der Waals surface area contributed by atoms with Gasteiger partial charge < -0.3 is 15.2 Å². The van der Waals surface area contributed by atoms with Gasteiger partial charge in [-0.2, -0.15) is 0 Å². The smallest absolute Gasteiger partial charge is 0.161 e. The molecule has 3 heteroatoms. The predicted molar refractivity (Wildman–Crippen MR) is 82.4 cm³/mol. The highest BCUT2D eigenvalue weighted by molar-refractivity contribution is 5.43. The van der Waals surface area contributed by atoms with Gasteiger partial charge in [-0.15, -0.1) is 0 Å². The fourth-order valence-electron chi connectivity index (χ4n) is 3.02. The molecular formula is C17H27NO2. The fourth-order valence-corrected chi connectivity index (χ4v) is 3.02. The SMILES string of the molecule is CCOc1ccc(CC2CCCCC2N)cc1OCC. The molecule has 0 amide bonds.